The van der Waals surface area contributed by atoms with E-state index in [0.29, 0.717) is 11.7 Å². The molecule has 16 heavy (non-hydrogen) atoms. The normalized spacial score (nSPS) is 18.2. The number of thioether (sulfide) groups is 1. The lowest BCUT2D eigenvalue weighted by Crippen LogP contribution is -2.26. The van der Waals surface area contributed by atoms with Gasteiger partial charge in [-0.25, -0.2) is 0 Å². The fraction of sp³-hybridized carbons (Fsp3) is 0.462. The van der Waals surface area contributed by atoms with E-state index in [2.05, 4.69) is 36.5 Å². The first-order valence-electron chi connectivity index (χ1n) is 5.81. The summed E-state index contributed by atoms with van der Waals surface area (Å²) in [6, 6.07) is 8.43. The Morgan fingerprint density at radius 2 is 2.31 bits per heavy atom. The molecule has 0 saturated heterocycles. The van der Waals surface area contributed by atoms with Crippen molar-refractivity contribution in [3.05, 3.63) is 29.8 Å². The third kappa shape index (κ3) is 2.79. The van der Waals surface area contributed by atoms with Gasteiger partial charge in [-0.15, -0.1) is 11.8 Å². The molecule has 86 valence electrons. The Labute approximate surface area is 101 Å². The first kappa shape index (κ1) is 11.5. The topological polar surface area (TPSA) is 29.1 Å². The van der Waals surface area contributed by atoms with Gasteiger partial charge in [-0.05, 0) is 24.5 Å². The predicted molar refractivity (Wildman–Crippen MR) is 67.7 cm³/mol. The van der Waals surface area contributed by atoms with E-state index in [1.807, 2.05) is 11.8 Å². The fourth-order valence-electron chi connectivity index (χ4n) is 1.91. The van der Waals surface area contributed by atoms with Crippen LogP contribution in [0, 0.1) is 0 Å². The molecule has 0 radical (unpaired) electrons. The van der Waals surface area contributed by atoms with Crippen LogP contribution in [-0.4, -0.2) is 17.7 Å². The minimum absolute atomic E-state index is 0.187. The maximum atomic E-state index is 11.6. The van der Waals surface area contributed by atoms with Gasteiger partial charge < -0.3 is 5.32 Å². The molecule has 1 amide bonds. The van der Waals surface area contributed by atoms with Gasteiger partial charge in [-0.2, -0.15) is 0 Å². The Kier molecular flexibility index (Phi) is 3.88. The van der Waals surface area contributed by atoms with Crippen molar-refractivity contribution in [2.75, 3.05) is 6.54 Å². The zero-order valence-electron chi connectivity index (χ0n) is 9.53. The Hall–Kier alpha value is -0.960. The van der Waals surface area contributed by atoms with E-state index in [4.69, 9.17) is 0 Å². The smallest absolute Gasteiger partial charge is 0.221 e. The number of fused-ring (bicyclic) bond motifs is 1. The molecule has 1 heterocycles. The van der Waals surface area contributed by atoms with Crippen molar-refractivity contribution in [2.45, 2.75) is 36.3 Å². The van der Waals surface area contributed by atoms with Crippen molar-refractivity contribution in [3.63, 3.8) is 0 Å². The molecule has 1 aromatic carbocycles. The Morgan fingerprint density at radius 1 is 1.50 bits per heavy atom. The summed E-state index contributed by atoms with van der Waals surface area (Å²) >= 11 is 1.84. The van der Waals surface area contributed by atoms with Gasteiger partial charge in [0.15, 0.2) is 0 Å². The van der Waals surface area contributed by atoms with Crippen LogP contribution in [0.2, 0.25) is 0 Å². The molecule has 0 aromatic heterocycles. The Morgan fingerprint density at radius 3 is 3.06 bits per heavy atom. The fourth-order valence-corrected chi connectivity index (χ4v) is 3.23. The summed E-state index contributed by atoms with van der Waals surface area (Å²) in [5.74, 6) is 0.187. The zero-order valence-corrected chi connectivity index (χ0v) is 10.3. The predicted octanol–water partition coefficient (Wildman–Crippen LogP) is 2.62. The summed E-state index contributed by atoms with van der Waals surface area (Å²) in [4.78, 5) is 12.9. The highest BCUT2D eigenvalue weighted by atomic mass is 32.2. The molecular formula is C13H17NOS. The van der Waals surface area contributed by atoms with Crippen molar-refractivity contribution in [1.82, 2.24) is 5.32 Å². The van der Waals surface area contributed by atoms with Crippen LogP contribution >= 0.6 is 11.8 Å². The van der Waals surface area contributed by atoms with Crippen LogP contribution in [-0.2, 0) is 11.2 Å². The molecule has 1 aliphatic rings. The van der Waals surface area contributed by atoms with E-state index in [1.54, 1.807) is 0 Å². The average molecular weight is 235 g/mol. The van der Waals surface area contributed by atoms with E-state index < -0.39 is 0 Å². The van der Waals surface area contributed by atoms with Crippen LogP contribution in [0.1, 0.15) is 25.3 Å². The third-order valence-electron chi connectivity index (χ3n) is 2.70. The van der Waals surface area contributed by atoms with Crippen molar-refractivity contribution < 1.29 is 4.79 Å². The number of rotatable bonds is 4. The largest absolute Gasteiger partial charge is 0.356 e. The number of nitrogens with one attached hydrogen (secondary N) is 1. The minimum atomic E-state index is 0.187. The number of carbonyl (C=O) groups is 1. The minimum Gasteiger partial charge on any atom is -0.356 e. The molecule has 1 N–H and O–H groups in total. The summed E-state index contributed by atoms with van der Waals surface area (Å²) in [7, 11) is 0. The molecule has 0 spiro atoms. The lowest BCUT2D eigenvalue weighted by molar-refractivity contribution is -0.121. The van der Waals surface area contributed by atoms with Crippen LogP contribution in [0.4, 0.5) is 0 Å². The van der Waals surface area contributed by atoms with Gasteiger partial charge in [0.05, 0.1) is 0 Å². The average Bonchev–Trinajstić information content (AvgIpc) is 2.68. The van der Waals surface area contributed by atoms with Crippen molar-refractivity contribution in [1.29, 1.82) is 0 Å². The highest BCUT2D eigenvalue weighted by Gasteiger charge is 2.23. The third-order valence-corrected chi connectivity index (χ3v) is 4.02. The number of hydrogen-bond acceptors (Lipinski definition) is 2. The van der Waals surface area contributed by atoms with E-state index >= 15 is 0 Å². The van der Waals surface area contributed by atoms with E-state index in [9.17, 15) is 4.79 Å². The zero-order chi connectivity index (χ0) is 11.4. The summed E-state index contributed by atoms with van der Waals surface area (Å²) in [5, 5.41) is 3.36. The van der Waals surface area contributed by atoms with Gasteiger partial charge in [-0.1, -0.05) is 25.1 Å². The van der Waals surface area contributed by atoms with Crippen LogP contribution in [0.5, 0.6) is 0 Å². The maximum Gasteiger partial charge on any atom is 0.221 e. The second-order valence-electron chi connectivity index (χ2n) is 4.11. The molecule has 0 bridgehead atoms. The molecule has 1 aromatic rings. The summed E-state index contributed by atoms with van der Waals surface area (Å²) in [6.07, 6.45) is 2.67. The van der Waals surface area contributed by atoms with Gasteiger partial charge in [0.25, 0.3) is 0 Å². The summed E-state index contributed by atoms with van der Waals surface area (Å²) in [6.45, 7) is 2.86. The van der Waals surface area contributed by atoms with Crippen LogP contribution in [0.15, 0.2) is 29.2 Å². The lowest BCUT2D eigenvalue weighted by Gasteiger charge is -2.08. The number of hydrogen-bond donors (Lipinski definition) is 1. The standard InChI is InChI=1S/C13H17NOS/c1-2-7-14-13(15)9-11-8-10-5-3-4-6-12(10)16-11/h3-6,11H,2,7-9H2,1H3,(H,14,15). The molecule has 0 fully saturated rings. The molecule has 0 aliphatic carbocycles. The second-order valence-corrected chi connectivity index (χ2v) is 5.45. The Balaban J connectivity index is 1.85. The summed E-state index contributed by atoms with van der Waals surface area (Å²) in [5.41, 5.74) is 1.39. The number of benzene rings is 1. The molecule has 2 rings (SSSR count). The molecule has 3 heteroatoms. The molecular weight excluding hydrogens is 218 g/mol. The van der Waals surface area contributed by atoms with Gasteiger partial charge in [0.1, 0.15) is 0 Å². The molecule has 1 atom stereocenters. The van der Waals surface area contributed by atoms with E-state index in [0.717, 1.165) is 19.4 Å². The number of carbonyl (C=O) groups excluding carboxylic acids is 1. The van der Waals surface area contributed by atoms with Gasteiger partial charge in [0.2, 0.25) is 5.91 Å². The second kappa shape index (κ2) is 5.39. The van der Waals surface area contributed by atoms with Crippen molar-refractivity contribution >= 4 is 17.7 Å². The van der Waals surface area contributed by atoms with E-state index in [-0.39, 0.29) is 5.91 Å². The first-order chi connectivity index (χ1) is 7.79. The van der Waals surface area contributed by atoms with Crippen LogP contribution < -0.4 is 5.32 Å². The first-order valence-corrected chi connectivity index (χ1v) is 6.69. The molecule has 2 nitrogen and oxygen atoms in total. The SMILES string of the molecule is CCCNC(=O)CC1Cc2ccccc2S1. The highest BCUT2D eigenvalue weighted by Crippen LogP contribution is 2.38. The maximum absolute atomic E-state index is 11.6. The lowest BCUT2D eigenvalue weighted by atomic mass is 10.1. The molecule has 1 aliphatic heterocycles. The van der Waals surface area contributed by atoms with Crippen molar-refractivity contribution in [2.24, 2.45) is 0 Å². The molecule has 0 saturated carbocycles. The van der Waals surface area contributed by atoms with Gasteiger partial charge in [0, 0.05) is 23.1 Å². The highest BCUT2D eigenvalue weighted by molar-refractivity contribution is 8.00. The van der Waals surface area contributed by atoms with Crippen molar-refractivity contribution in [3.8, 4) is 0 Å². The van der Waals surface area contributed by atoms with Crippen LogP contribution in [0.3, 0.4) is 0 Å². The summed E-state index contributed by atoms with van der Waals surface area (Å²) < 4.78 is 0. The van der Waals surface area contributed by atoms with Crippen LogP contribution in [0.25, 0.3) is 0 Å². The Bertz CT molecular complexity index is 353. The van der Waals surface area contributed by atoms with Gasteiger partial charge in [-0.3, -0.25) is 4.79 Å². The number of amides is 1. The van der Waals surface area contributed by atoms with Gasteiger partial charge >= 0.3 is 0 Å². The monoisotopic (exact) mass is 235 g/mol. The van der Waals surface area contributed by atoms with E-state index in [1.165, 1.54) is 10.5 Å². The quantitative estimate of drug-likeness (QED) is 0.869. The molecule has 1 unspecified atom stereocenters.